The number of pyridine rings is 1. The van der Waals surface area contributed by atoms with E-state index in [9.17, 15) is 4.79 Å². The fraction of sp³-hybridized carbons (Fsp3) is 0.611. The van der Waals surface area contributed by atoms with Crippen LogP contribution in [0, 0.1) is 6.92 Å². The van der Waals surface area contributed by atoms with Gasteiger partial charge >= 0.3 is 0 Å². The molecule has 1 aromatic heterocycles. The molecule has 6 heteroatoms. The quantitative estimate of drug-likeness (QED) is 0.533. The molecule has 1 aromatic rings. The van der Waals surface area contributed by atoms with Crippen molar-refractivity contribution in [3.05, 3.63) is 29.6 Å². The monoisotopic (exact) mass is 333 g/mol. The van der Waals surface area contributed by atoms with Crippen molar-refractivity contribution in [2.45, 2.75) is 40.5 Å². The molecule has 0 unspecified atom stereocenters. The average molecular weight is 333 g/mol. The van der Waals surface area contributed by atoms with Gasteiger partial charge in [-0.2, -0.15) is 0 Å². The number of hydrogen-bond donors (Lipinski definition) is 2. The lowest BCUT2D eigenvalue weighted by Crippen LogP contribution is -2.38. The van der Waals surface area contributed by atoms with Crippen LogP contribution in [0.3, 0.4) is 0 Å². The molecule has 1 rings (SSSR count). The second-order valence-corrected chi connectivity index (χ2v) is 5.56. The molecule has 0 aliphatic carbocycles. The maximum Gasteiger partial charge on any atom is 0.224 e. The van der Waals surface area contributed by atoms with Crippen LogP contribution in [0.1, 0.15) is 38.3 Å². The van der Waals surface area contributed by atoms with Crippen molar-refractivity contribution in [3.63, 3.8) is 0 Å². The number of rotatable bonds is 9. The predicted octanol–water partition coefficient (Wildman–Crippen LogP) is 1.75. The van der Waals surface area contributed by atoms with Gasteiger partial charge in [-0.1, -0.05) is 0 Å². The number of nitrogens with one attached hydrogen (secondary N) is 2. The van der Waals surface area contributed by atoms with Gasteiger partial charge in [-0.3, -0.25) is 14.8 Å². The second-order valence-electron chi connectivity index (χ2n) is 5.56. The van der Waals surface area contributed by atoms with E-state index in [1.165, 1.54) is 11.1 Å². The lowest BCUT2D eigenvalue weighted by molar-refractivity contribution is -0.130. The molecule has 0 aromatic carbocycles. The molecule has 0 radical (unpaired) electrons. The maximum atomic E-state index is 12.0. The van der Waals surface area contributed by atoms with Gasteiger partial charge in [0.1, 0.15) is 0 Å². The Morgan fingerprint density at radius 2 is 2.00 bits per heavy atom. The third-order valence-corrected chi connectivity index (χ3v) is 3.88. The number of guanidine groups is 1. The Balaban J connectivity index is 2.45. The van der Waals surface area contributed by atoms with Crippen LogP contribution in [0.5, 0.6) is 0 Å². The van der Waals surface area contributed by atoms with E-state index in [4.69, 9.17) is 0 Å². The normalized spacial score (nSPS) is 11.2. The second kappa shape index (κ2) is 11.4. The third kappa shape index (κ3) is 6.98. The zero-order valence-corrected chi connectivity index (χ0v) is 15.4. The minimum absolute atomic E-state index is 0.159. The molecule has 2 N–H and O–H groups in total. The smallest absolute Gasteiger partial charge is 0.224 e. The van der Waals surface area contributed by atoms with Gasteiger partial charge in [0.15, 0.2) is 5.96 Å². The first-order valence-electron chi connectivity index (χ1n) is 8.81. The van der Waals surface area contributed by atoms with Crippen molar-refractivity contribution in [2.75, 3.05) is 32.7 Å². The van der Waals surface area contributed by atoms with Crippen LogP contribution >= 0.6 is 0 Å². The molecule has 6 nitrogen and oxygen atoms in total. The summed E-state index contributed by atoms with van der Waals surface area (Å²) >= 11 is 0. The lowest BCUT2D eigenvalue weighted by Gasteiger charge is -2.18. The Hall–Kier alpha value is -2.11. The van der Waals surface area contributed by atoms with E-state index >= 15 is 0 Å². The average Bonchev–Trinajstić information content (AvgIpc) is 2.57. The van der Waals surface area contributed by atoms with E-state index in [0.29, 0.717) is 13.0 Å². The van der Waals surface area contributed by atoms with Crippen molar-refractivity contribution in [3.8, 4) is 0 Å². The highest BCUT2D eigenvalue weighted by molar-refractivity contribution is 5.80. The molecule has 0 aliphatic rings. The highest BCUT2D eigenvalue weighted by atomic mass is 16.2. The molecule has 0 atom stereocenters. The first-order valence-corrected chi connectivity index (χ1v) is 8.81. The number of aliphatic imine (C=N–C) groups is 1. The van der Waals surface area contributed by atoms with Crippen molar-refractivity contribution in [1.29, 1.82) is 0 Å². The summed E-state index contributed by atoms with van der Waals surface area (Å²) in [6, 6.07) is 2.05. The van der Waals surface area contributed by atoms with Crippen LogP contribution in [-0.2, 0) is 11.2 Å². The van der Waals surface area contributed by atoms with Crippen LogP contribution in [0.15, 0.2) is 23.5 Å². The highest BCUT2D eigenvalue weighted by Gasteiger charge is 2.08. The van der Waals surface area contributed by atoms with E-state index in [2.05, 4.69) is 27.5 Å². The van der Waals surface area contributed by atoms with Gasteiger partial charge in [-0.15, -0.1) is 0 Å². The summed E-state index contributed by atoms with van der Waals surface area (Å²) in [6.07, 6.45) is 5.06. The SMILES string of the molecule is CCNC(=NCCC(=O)N(CC)CC)NCCc1ccncc1C. The Labute approximate surface area is 145 Å². The van der Waals surface area contributed by atoms with E-state index < -0.39 is 0 Å². The molecule has 0 saturated carbocycles. The fourth-order valence-corrected chi connectivity index (χ4v) is 2.44. The van der Waals surface area contributed by atoms with E-state index in [0.717, 1.165) is 38.6 Å². The Morgan fingerprint density at radius 3 is 2.62 bits per heavy atom. The number of carbonyl (C=O) groups is 1. The van der Waals surface area contributed by atoms with Gasteiger partial charge in [-0.05, 0) is 51.3 Å². The van der Waals surface area contributed by atoms with Crippen LogP contribution in [0.25, 0.3) is 0 Å². The van der Waals surface area contributed by atoms with Crippen LogP contribution in [0.2, 0.25) is 0 Å². The molecular weight excluding hydrogens is 302 g/mol. The van der Waals surface area contributed by atoms with Gasteiger partial charge in [0.25, 0.3) is 0 Å². The van der Waals surface area contributed by atoms with Crippen LogP contribution in [0.4, 0.5) is 0 Å². The minimum Gasteiger partial charge on any atom is -0.357 e. The number of amides is 1. The van der Waals surface area contributed by atoms with Crippen molar-refractivity contribution in [2.24, 2.45) is 4.99 Å². The fourth-order valence-electron chi connectivity index (χ4n) is 2.44. The molecule has 1 amide bonds. The molecule has 0 bridgehead atoms. The summed E-state index contributed by atoms with van der Waals surface area (Å²) in [5.74, 6) is 0.920. The summed E-state index contributed by atoms with van der Waals surface area (Å²) in [5.41, 5.74) is 2.48. The standard InChI is InChI=1S/C18H31N5O/c1-5-20-18(22-13-10-17(24)23(6-2)7-3)21-12-9-16-8-11-19-14-15(16)4/h8,11,14H,5-7,9-10,12-13H2,1-4H3,(H2,20,21,22). The summed E-state index contributed by atoms with van der Waals surface area (Å²) in [6.45, 7) is 11.7. The summed E-state index contributed by atoms with van der Waals surface area (Å²) in [4.78, 5) is 22.4. The van der Waals surface area contributed by atoms with Gasteiger partial charge in [0.2, 0.25) is 5.91 Å². The van der Waals surface area contributed by atoms with Crippen LogP contribution in [-0.4, -0.2) is 54.5 Å². The number of aryl methyl sites for hydroxylation is 1. The first kappa shape index (κ1) is 19.9. The largest absolute Gasteiger partial charge is 0.357 e. The van der Waals surface area contributed by atoms with Gasteiger partial charge in [0.05, 0.1) is 6.54 Å². The summed E-state index contributed by atoms with van der Waals surface area (Å²) in [5, 5.41) is 6.54. The maximum absolute atomic E-state index is 12.0. The highest BCUT2D eigenvalue weighted by Crippen LogP contribution is 2.04. The topological polar surface area (TPSA) is 69.6 Å². The van der Waals surface area contributed by atoms with E-state index in [1.54, 1.807) is 0 Å². The number of carbonyl (C=O) groups excluding carboxylic acids is 1. The molecular formula is C18H31N5O. The predicted molar refractivity (Wildman–Crippen MR) is 99.2 cm³/mol. The first-order chi connectivity index (χ1) is 11.6. The number of nitrogens with zero attached hydrogens (tertiary/aromatic N) is 3. The summed E-state index contributed by atoms with van der Waals surface area (Å²) in [7, 11) is 0. The molecule has 0 fully saturated rings. The molecule has 0 aliphatic heterocycles. The van der Waals surface area contributed by atoms with Gasteiger partial charge in [0, 0.05) is 45.0 Å². The van der Waals surface area contributed by atoms with Crippen molar-refractivity contribution < 1.29 is 4.79 Å². The summed E-state index contributed by atoms with van der Waals surface area (Å²) < 4.78 is 0. The minimum atomic E-state index is 0.159. The van der Waals surface area contributed by atoms with Crippen molar-refractivity contribution in [1.82, 2.24) is 20.5 Å². The van der Waals surface area contributed by atoms with Gasteiger partial charge in [-0.25, -0.2) is 0 Å². The van der Waals surface area contributed by atoms with Gasteiger partial charge < -0.3 is 15.5 Å². The van der Waals surface area contributed by atoms with Crippen molar-refractivity contribution >= 4 is 11.9 Å². The van der Waals surface area contributed by atoms with E-state index in [-0.39, 0.29) is 5.91 Å². The number of hydrogen-bond acceptors (Lipinski definition) is 3. The Morgan fingerprint density at radius 1 is 1.25 bits per heavy atom. The molecule has 0 saturated heterocycles. The molecule has 24 heavy (non-hydrogen) atoms. The number of aromatic nitrogens is 1. The zero-order valence-electron chi connectivity index (χ0n) is 15.4. The molecule has 0 spiro atoms. The zero-order chi connectivity index (χ0) is 17.8. The van der Waals surface area contributed by atoms with Crippen LogP contribution < -0.4 is 10.6 Å². The lowest BCUT2D eigenvalue weighted by atomic mass is 10.1. The third-order valence-electron chi connectivity index (χ3n) is 3.88. The Bertz CT molecular complexity index is 526. The Kier molecular flexibility index (Phi) is 9.49. The molecule has 134 valence electrons. The molecule has 1 heterocycles. The van der Waals surface area contributed by atoms with E-state index in [1.807, 2.05) is 44.1 Å².